The predicted molar refractivity (Wildman–Crippen MR) is 120 cm³/mol. The molecule has 3 rings (SSSR count). The maximum Gasteiger partial charge on any atom is 0.335 e. The summed E-state index contributed by atoms with van der Waals surface area (Å²) in [7, 11) is 0. The summed E-state index contributed by atoms with van der Waals surface area (Å²) >= 11 is 0. The van der Waals surface area contributed by atoms with Gasteiger partial charge in [0.25, 0.3) is 0 Å². The predicted octanol–water partition coefficient (Wildman–Crippen LogP) is 5.75. The zero-order valence-corrected chi connectivity index (χ0v) is 17.2. The highest BCUT2D eigenvalue weighted by Crippen LogP contribution is 2.28. The monoisotopic (exact) mass is 390 g/mol. The number of aliphatic hydroxyl groups excluding tert-OH is 1. The molecule has 0 aromatic heterocycles. The fourth-order valence-corrected chi connectivity index (χ4v) is 3.67. The van der Waals surface area contributed by atoms with Crippen LogP contribution in [0.3, 0.4) is 0 Å². The van der Waals surface area contributed by atoms with E-state index in [2.05, 4.69) is 62.0 Å². The van der Waals surface area contributed by atoms with Gasteiger partial charge in [-0.2, -0.15) is 0 Å². The molecule has 0 unspecified atom stereocenters. The molecule has 3 aromatic carbocycles. The molecule has 0 aliphatic carbocycles. The van der Waals surface area contributed by atoms with Crippen LogP contribution in [0.1, 0.15) is 43.7 Å². The van der Waals surface area contributed by atoms with Crippen molar-refractivity contribution < 1.29 is 14.6 Å². The molecule has 0 heterocycles. The Balaban J connectivity index is 1.67. The fraction of sp³-hybridized carbons (Fsp3) is 0.346. The van der Waals surface area contributed by atoms with Crippen LogP contribution in [0.15, 0.2) is 60.7 Å². The van der Waals surface area contributed by atoms with Crippen molar-refractivity contribution in [2.75, 3.05) is 13.2 Å². The number of hydrogen-bond donors (Lipinski definition) is 1. The summed E-state index contributed by atoms with van der Waals surface area (Å²) in [6.45, 7) is 5.67. The lowest BCUT2D eigenvalue weighted by Gasteiger charge is -2.09. The number of aliphatic hydroxyl groups is 1. The van der Waals surface area contributed by atoms with Crippen molar-refractivity contribution in [3.05, 3.63) is 71.8 Å². The average Bonchev–Trinajstić information content (AvgIpc) is 2.75. The molecular weight excluding hydrogens is 360 g/mol. The Morgan fingerprint density at radius 2 is 1.48 bits per heavy atom. The molecule has 29 heavy (non-hydrogen) atoms. The molecule has 0 fully saturated rings. The Morgan fingerprint density at radius 1 is 0.897 bits per heavy atom. The Hall–Kier alpha value is -2.65. The van der Waals surface area contributed by atoms with Gasteiger partial charge in [0.1, 0.15) is 0 Å². The number of rotatable bonds is 10. The van der Waals surface area contributed by atoms with E-state index in [0.717, 1.165) is 19.3 Å². The van der Waals surface area contributed by atoms with Gasteiger partial charge >= 0.3 is 5.97 Å². The lowest BCUT2D eigenvalue weighted by atomic mass is 9.96. The topological polar surface area (TPSA) is 46.5 Å². The average molecular weight is 391 g/mol. The molecule has 0 amide bonds. The van der Waals surface area contributed by atoms with Gasteiger partial charge in [0.15, 0.2) is 0 Å². The fourth-order valence-electron chi connectivity index (χ4n) is 3.67. The van der Waals surface area contributed by atoms with Crippen LogP contribution in [0.5, 0.6) is 0 Å². The number of aryl methyl sites for hydroxylation is 2. The van der Waals surface area contributed by atoms with Crippen LogP contribution in [-0.2, 0) is 22.4 Å². The van der Waals surface area contributed by atoms with E-state index < -0.39 is 5.97 Å². The van der Waals surface area contributed by atoms with Crippen LogP contribution in [-0.4, -0.2) is 24.3 Å². The molecular formula is C26H30O3. The number of hydrogen-bond acceptors (Lipinski definition) is 3. The van der Waals surface area contributed by atoms with Crippen molar-refractivity contribution in [3.63, 3.8) is 0 Å². The van der Waals surface area contributed by atoms with Crippen molar-refractivity contribution in [3.8, 4) is 0 Å². The first-order valence-electron chi connectivity index (χ1n) is 10.5. The minimum Gasteiger partial charge on any atom is -0.462 e. The van der Waals surface area contributed by atoms with Crippen LogP contribution in [0.2, 0.25) is 0 Å². The Bertz CT molecular complexity index is 1000. The van der Waals surface area contributed by atoms with Crippen molar-refractivity contribution >= 4 is 27.5 Å². The third-order valence-corrected chi connectivity index (χ3v) is 5.36. The molecule has 0 radical (unpaired) electrons. The largest absolute Gasteiger partial charge is 0.462 e. The second-order valence-electron chi connectivity index (χ2n) is 7.63. The molecule has 0 atom stereocenters. The molecule has 0 aliphatic rings. The van der Waals surface area contributed by atoms with E-state index in [1.54, 1.807) is 0 Å². The van der Waals surface area contributed by atoms with Gasteiger partial charge in [-0.15, -0.1) is 0 Å². The van der Waals surface area contributed by atoms with Crippen LogP contribution in [0, 0.1) is 0 Å². The normalized spacial score (nSPS) is 11.1. The molecule has 0 aliphatic heterocycles. The summed E-state index contributed by atoms with van der Waals surface area (Å²) in [5, 5.41) is 14.0. The maximum atomic E-state index is 11.5. The SMILES string of the molecule is C=C(CO)C(=O)OCCCc1ccc2c(ccc3cc(CCCCC)ccc32)c1. The van der Waals surface area contributed by atoms with Gasteiger partial charge in [-0.25, -0.2) is 4.79 Å². The smallest absolute Gasteiger partial charge is 0.335 e. The highest BCUT2D eigenvalue weighted by molar-refractivity contribution is 6.07. The number of fused-ring (bicyclic) bond motifs is 3. The first kappa shape index (κ1) is 21.1. The second-order valence-corrected chi connectivity index (χ2v) is 7.63. The zero-order chi connectivity index (χ0) is 20.6. The summed E-state index contributed by atoms with van der Waals surface area (Å²) in [4.78, 5) is 11.5. The van der Waals surface area contributed by atoms with Gasteiger partial charge in [0.2, 0.25) is 0 Å². The number of carbonyl (C=O) groups is 1. The summed E-state index contributed by atoms with van der Waals surface area (Å²) in [6, 6.07) is 17.8. The molecule has 152 valence electrons. The summed E-state index contributed by atoms with van der Waals surface area (Å²) in [5.74, 6) is -0.522. The third kappa shape index (κ3) is 5.45. The van der Waals surface area contributed by atoms with Gasteiger partial charge in [0, 0.05) is 0 Å². The number of esters is 1. The molecule has 0 saturated carbocycles. The van der Waals surface area contributed by atoms with Crippen LogP contribution in [0.25, 0.3) is 21.5 Å². The van der Waals surface area contributed by atoms with Crippen molar-refractivity contribution in [2.24, 2.45) is 0 Å². The lowest BCUT2D eigenvalue weighted by Crippen LogP contribution is -2.11. The van der Waals surface area contributed by atoms with Crippen molar-refractivity contribution in [1.29, 1.82) is 0 Å². The van der Waals surface area contributed by atoms with Crippen LogP contribution < -0.4 is 0 Å². The van der Waals surface area contributed by atoms with Gasteiger partial charge in [-0.3, -0.25) is 0 Å². The maximum absolute atomic E-state index is 11.5. The molecule has 0 saturated heterocycles. The second kappa shape index (κ2) is 10.2. The van der Waals surface area contributed by atoms with Gasteiger partial charge in [-0.1, -0.05) is 74.9 Å². The van der Waals surface area contributed by atoms with E-state index in [4.69, 9.17) is 9.84 Å². The number of unbranched alkanes of at least 4 members (excludes halogenated alkanes) is 2. The van der Waals surface area contributed by atoms with E-state index in [9.17, 15) is 4.79 Å². The summed E-state index contributed by atoms with van der Waals surface area (Å²) < 4.78 is 5.11. The Kier molecular flexibility index (Phi) is 7.42. The highest BCUT2D eigenvalue weighted by atomic mass is 16.5. The minimum atomic E-state index is -0.522. The molecule has 3 aromatic rings. The minimum absolute atomic E-state index is 0.0936. The van der Waals surface area contributed by atoms with Gasteiger partial charge < -0.3 is 9.84 Å². The molecule has 0 spiro atoms. The molecule has 3 heteroatoms. The van der Waals surface area contributed by atoms with E-state index in [-0.39, 0.29) is 12.2 Å². The van der Waals surface area contributed by atoms with Crippen molar-refractivity contribution in [1.82, 2.24) is 0 Å². The molecule has 0 bridgehead atoms. The highest BCUT2D eigenvalue weighted by Gasteiger charge is 2.07. The quantitative estimate of drug-likeness (QED) is 0.207. The van der Waals surface area contributed by atoms with Crippen LogP contribution in [0.4, 0.5) is 0 Å². The number of carbonyl (C=O) groups excluding carboxylic acids is 1. The first-order valence-corrected chi connectivity index (χ1v) is 10.5. The molecule has 3 nitrogen and oxygen atoms in total. The Morgan fingerprint density at radius 3 is 2.03 bits per heavy atom. The van der Waals surface area contributed by atoms with E-state index in [1.807, 2.05) is 0 Å². The van der Waals surface area contributed by atoms with Crippen LogP contribution >= 0.6 is 0 Å². The zero-order valence-electron chi connectivity index (χ0n) is 17.2. The first-order chi connectivity index (χ1) is 14.1. The Labute approximate surface area is 173 Å². The summed E-state index contributed by atoms with van der Waals surface area (Å²) in [5.41, 5.74) is 2.74. The van der Waals surface area contributed by atoms with E-state index >= 15 is 0 Å². The van der Waals surface area contributed by atoms with Gasteiger partial charge in [-0.05, 0) is 58.4 Å². The van der Waals surface area contributed by atoms with Gasteiger partial charge in [0.05, 0.1) is 18.8 Å². The summed E-state index contributed by atoms with van der Waals surface area (Å²) in [6.07, 6.45) is 6.52. The number of ether oxygens (including phenoxy) is 1. The third-order valence-electron chi connectivity index (χ3n) is 5.36. The van der Waals surface area contributed by atoms with E-state index in [0.29, 0.717) is 6.61 Å². The number of benzene rings is 3. The van der Waals surface area contributed by atoms with Crippen molar-refractivity contribution in [2.45, 2.75) is 45.4 Å². The molecule has 1 N–H and O–H groups in total. The lowest BCUT2D eigenvalue weighted by molar-refractivity contribution is -0.139. The van der Waals surface area contributed by atoms with E-state index in [1.165, 1.54) is 51.9 Å². The standard InChI is InChI=1S/C26H30O3/c1-3-4-5-7-20-9-13-24-22(16-20)11-12-23-17-21(10-14-25(23)24)8-6-15-29-26(28)19(2)18-27/h9-14,16-17,27H,2-8,15,18H2,1H3.